The predicted molar refractivity (Wildman–Crippen MR) is 92.8 cm³/mol. The molecule has 0 spiro atoms. The van der Waals surface area contributed by atoms with Crippen LogP contribution in [-0.2, 0) is 6.42 Å². The van der Waals surface area contributed by atoms with E-state index in [2.05, 4.69) is 57.3 Å². The van der Waals surface area contributed by atoms with Crippen molar-refractivity contribution in [3.8, 4) is 0 Å². The van der Waals surface area contributed by atoms with E-state index in [1.807, 2.05) is 0 Å². The van der Waals surface area contributed by atoms with Crippen molar-refractivity contribution in [2.24, 2.45) is 11.8 Å². The summed E-state index contributed by atoms with van der Waals surface area (Å²) >= 11 is 0. The molecule has 1 nitrogen and oxygen atoms in total. The second-order valence-electron chi connectivity index (χ2n) is 7.12. The van der Waals surface area contributed by atoms with E-state index in [1.54, 1.807) is 5.56 Å². The lowest BCUT2D eigenvalue weighted by atomic mass is 9.70. The topological polar surface area (TPSA) is 12.0 Å². The first-order valence-corrected chi connectivity index (χ1v) is 8.96. The Morgan fingerprint density at radius 1 is 1.19 bits per heavy atom. The van der Waals surface area contributed by atoms with Crippen LogP contribution >= 0.6 is 0 Å². The summed E-state index contributed by atoms with van der Waals surface area (Å²) in [5, 5.41) is 3.68. The van der Waals surface area contributed by atoms with Crippen molar-refractivity contribution < 1.29 is 0 Å². The summed E-state index contributed by atoms with van der Waals surface area (Å²) in [5.41, 5.74) is 3.07. The van der Waals surface area contributed by atoms with Crippen LogP contribution in [0.1, 0.15) is 70.4 Å². The SMILES string of the molecule is CCc1cccc(C2CC(CC)CCC2CNC(C)C)c1. The summed E-state index contributed by atoms with van der Waals surface area (Å²) in [5.74, 6) is 2.49. The first kappa shape index (κ1) is 16.5. The van der Waals surface area contributed by atoms with Crippen molar-refractivity contribution in [3.63, 3.8) is 0 Å². The standard InChI is InChI=1S/C20H33N/c1-5-16-8-7-9-18(12-16)20-13-17(6-2)10-11-19(20)14-21-15(3)4/h7-9,12,15,17,19-21H,5-6,10-11,13-14H2,1-4H3. The van der Waals surface area contributed by atoms with E-state index in [0.29, 0.717) is 6.04 Å². The molecule has 0 bridgehead atoms. The number of nitrogens with one attached hydrogen (secondary N) is 1. The van der Waals surface area contributed by atoms with Gasteiger partial charge in [0.05, 0.1) is 0 Å². The molecule has 1 heteroatoms. The maximum Gasteiger partial charge on any atom is 0.00104 e. The highest BCUT2D eigenvalue weighted by molar-refractivity contribution is 5.27. The fourth-order valence-corrected chi connectivity index (χ4v) is 3.77. The van der Waals surface area contributed by atoms with Crippen molar-refractivity contribution in [2.75, 3.05) is 6.54 Å². The highest BCUT2D eigenvalue weighted by Crippen LogP contribution is 2.41. The van der Waals surface area contributed by atoms with E-state index in [-0.39, 0.29) is 0 Å². The van der Waals surface area contributed by atoms with Crippen LogP contribution in [0.5, 0.6) is 0 Å². The maximum atomic E-state index is 3.68. The van der Waals surface area contributed by atoms with Gasteiger partial charge in [-0.1, -0.05) is 64.8 Å². The summed E-state index contributed by atoms with van der Waals surface area (Å²) in [4.78, 5) is 0. The van der Waals surface area contributed by atoms with Crippen molar-refractivity contribution in [1.29, 1.82) is 0 Å². The van der Waals surface area contributed by atoms with Gasteiger partial charge in [0.2, 0.25) is 0 Å². The quantitative estimate of drug-likeness (QED) is 0.762. The molecule has 1 N–H and O–H groups in total. The van der Waals surface area contributed by atoms with Gasteiger partial charge in [-0.15, -0.1) is 0 Å². The molecular formula is C20H33N. The largest absolute Gasteiger partial charge is 0.314 e. The van der Waals surface area contributed by atoms with Gasteiger partial charge in [-0.25, -0.2) is 0 Å². The lowest BCUT2D eigenvalue weighted by Crippen LogP contribution is -2.35. The molecule has 0 saturated heterocycles. The van der Waals surface area contributed by atoms with E-state index in [9.17, 15) is 0 Å². The van der Waals surface area contributed by atoms with Gasteiger partial charge in [0.1, 0.15) is 0 Å². The van der Waals surface area contributed by atoms with Crippen molar-refractivity contribution in [2.45, 2.75) is 71.8 Å². The molecule has 0 radical (unpaired) electrons. The van der Waals surface area contributed by atoms with Crippen LogP contribution in [0.3, 0.4) is 0 Å². The van der Waals surface area contributed by atoms with Gasteiger partial charge in [-0.2, -0.15) is 0 Å². The summed E-state index contributed by atoms with van der Waals surface area (Å²) in [7, 11) is 0. The van der Waals surface area contributed by atoms with Crippen LogP contribution in [-0.4, -0.2) is 12.6 Å². The van der Waals surface area contributed by atoms with Gasteiger partial charge in [0.25, 0.3) is 0 Å². The second-order valence-corrected chi connectivity index (χ2v) is 7.12. The molecule has 0 amide bonds. The Hall–Kier alpha value is -0.820. The molecule has 1 aromatic carbocycles. The zero-order valence-electron chi connectivity index (χ0n) is 14.4. The van der Waals surface area contributed by atoms with Crippen LogP contribution in [0, 0.1) is 11.8 Å². The Kier molecular flexibility index (Phi) is 6.29. The minimum atomic E-state index is 0.594. The summed E-state index contributed by atoms with van der Waals surface area (Å²) in [6, 6.07) is 9.95. The maximum absolute atomic E-state index is 3.68. The zero-order valence-corrected chi connectivity index (χ0v) is 14.4. The third kappa shape index (κ3) is 4.57. The molecule has 1 aliphatic rings. The average molecular weight is 287 g/mol. The van der Waals surface area contributed by atoms with Gasteiger partial charge in [0, 0.05) is 6.04 Å². The molecule has 1 aliphatic carbocycles. The molecule has 1 saturated carbocycles. The summed E-state index contributed by atoms with van der Waals surface area (Å²) in [6.45, 7) is 10.3. The number of rotatable bonds is 6. The van der Waals surface area contributed by atoms with E-state index in [4.69, 9.17) is 0 Å². The zero-order chi connectivity index (χ0) is 15.2. The molecule has 0 aromatic heterocycles. The number of hydrogen-bond donors (Lipinski definition) is 1. The van der Waals surface area contributed by atoms with Crippen molar-refractivity contribution in [3.05, 3.63) is 35.4 Å². The third-order valence-electron chi connectivity index (χ3n) is 5.26. The Bertz CT molecular complexity index is 424. The molecule has 0 heterocycles. The van der Waals surface area contributed by atoms with Crippen LogP contribution < -0.4 is 5.32 Å². The first-order chi connectivity index (χ1) is 10.1. The number of aryl methyl sites for hydroxylation is 1. The Morgan fingerprint density at radius 2 is 2.00 bits per heavy atom. The normalized spacial score (nSPS) is 26.2. The minimum absolute atomic E-state index is 0.594. The van der Waals surface area contributed by atoms with Crippen LogP contribution in [0.25, 0.3) is 0 Å². The lowest BCUT2D eigenvalue weighted by Gasteiger charge is -2.37. The average Bonchev–Trinajstić information content (AvgIpc) is 2.52. The Labute approximate surface area is 131 Å². The van der Waals surface area contributed by atoms with E-state index in [1.165, 1.54) is 37.8 Å². The fraction of sp³-hybridized carbons (Fsp3) is 0.700. The number of hydrogen-bond acceptors (Lipinski definition) is 1. The Balaban J connectivity index is 2.15. The molecule has 1 fully saturated rings. The molecule has 2 rings (SSSR count). The molecule has 21 heavy (non-hydrogen) atoms. The monoisotopic (exact) mass is 287 g/mol. The van der Waals surface area contributed by atoms with Crippen molar-refractivity contribution >= 4 is 0 Å². The molecule has 3 unspecified atom stereocenters. The molecule has 1 aromatic rings. The van der Waals surface area contributed by atoms with Gasteiger partial charge < -0.3 is 5.32 Å². The highest BCUT2D eigenvalue weighted by Gasteiger charge is 2.30. The molecular weight excluding hydrogens is 254 g/mol. The molecule has 0 aliphatic heterocycles. The summed E-state index contributed by atoms with van der Waals surface area (Å²) < 4.78 is 0. The van der Waals surface area contributed by atoms with Crippen LogP contribution in [0.15, 0.2) is 24.3 Å². The lowest BCUT2D eigenvalue weighted by molar-refractivity contribution is 0.222. The minimum Gasteiger partial charge on any atom is -0.314 e. The number of benzene rings is 1. The fourth-order valence-electron chi connectivity index (χ4n) is 3.77. The Morgan fingerprint density at radius 3 is 2.67 bits per heavy atom. The van der Waals surface area contributed by atoms with Gasteiger partial charge in [0.15, 0.2) is 0 Å². The van der Waals surface area contributed by atoms with Crippen molar-refractivity contribution in [1.82, 2.24) is 5.32 Å². The van der Waals surface area contributed by atoms with E-state index < -0.39 is 0 Å². The highest BCUT2D eigenvalue weighted by atomic mass is 14.9. The van der Waals surface area contributed by atoms with Gasteiger partial charge in [-0.05, 0) is 54.7 Å². The van der Waals surface area contributed by atoms with Crippen LogP contribution in [0.4, 0.5) is 0 Å². The van der Waals surface area contributed by atoms with E-state index in [0.717, 1.165) is 24.2 Å². The summed E-state index contributed by atoms with van der Waals surface area (Å²) in [6.07, 6.45) is 6.68. The second kappa shape index (κ2) is 7.98. The third-order valence-corrected chi connectivity index (χ3v) is 5.26. The molecule has 3 atom stereocenters. The van der Waals surface area contributed by atoms with Gasteiger partial charge in [-0.3, -0.25) is 0 Å². The van der Waals surface area contributed by atoms with E-state index >= 15 is 0 Å². The van der Waals surface area contributed by atoms with Crippen LogP contribution in [0.2, 0.25) is 0 Å². The molecule has 118 valence electrons. The first-order valence-electron chi connectivity index (χ1n) is 8.96. The smallest absolute Gasteiger partial charge is 0.00104 e. The van der Waals surface area contributed by atoms with Gasteiger partial charge >= 0.3 is 0 Å². The predicted octanol–water partition coefficient (Wildman–Crippen LogP) is 5.16.